The van der Waals surface area contributed by atoms with Crippen LogP contribution in [0.2, 0.25) is 0 Å². The van der Waals surface area contributed by atoms with Gasteiger partial charge in [0.15, 0.2) is 0 Å². The molecule has 1 saturated heterocycles. The maximum Gasteiger partial charge on any atom is 0.123 e. The molecule has 1 fully saturated rings. The summed E-state index contributed by atoms with van der Waals surface area (Å²) in [4.78, 5) is 6.43. The SMILES string of the molecule is O[C@H]1[C@H](O)[C@@H](O)CN(CCCCCCCOCc2csc(-c3ccc(F)cc3)n2)C[C@@H]1O. The standard InChI is InChI=1S/C23H33FN2O5S/c24-17-8-6-16(7-9-17)23-25-18(15-32-23)14-31-11-5-3-1-2-4-10-26-12-19(27)21(29)22(30)20(28)13-26/h6-9,15,19-22,27-30H,1-5,10-14H2/t19-,20-,21+,22+/m0/s1. The lowest BCUT2D eigenvalue weighted by atomic mass is 10.1. The van der Waals surface area contributed by atoms with Gasteiger partial charge in [0.05, 0.1) is 24.5 Å². The number of benzene rings is 1. The first-order valence-corrected chi connectivity index (χ1v) is 12.0. The number of hydrogen-bond acceptors (Lipinski definition) is 8. The van der Waals surface area contributed by atoms with Gasteiger partial charge in [-0.05, 0) is 43.7 Å². The summed E-state index contributed by atoms with van der Waals surface area (Å²) in [6.45, 7) is 2.36. The van der Waals surface area contributed by atoms with Crippen LogP contribution in [0.1, 0.15) is 37.8 Å². The zero-order chi connectivity index (χ0) is 22.9. The third kappa shape index (κ3) is 7.55. The second kappa shape index (κ2) is 12.7. The van der Waals surface area contributed by atoms with Crippen LogP contribution in [0.4, 0.5) is 4.39 Å². The van der Waals surface area contributed by atoms with Gasteiger partial charge in [0, 0.05) is 30.6 Å². The number of aromatic nitrogens is 1. The van der Waals surface area contributed by atoms with E-state index in [0.29, 0.717) is 19.8 Å². The molecule has 2 aromatic rings. The highest BCUT2D eigenvalue weighted by Crippen LogP contribution is 2.24. The van der Waals surface area contributed by atoms with E-state index in [1.165, 1.54) is 23.5 Å². The molecule has 0 amide bonds. The Bertz CT molecular complexity index is 790. The van der Waals surface area contributed by atoms with E-state index in [9.17, 15) is 24.8 Å². The van der Waals surface area contributed by atoms with E-state index in [1.54, 1.807) is 12.1 Å². The van der Waals surface area contributed by atoms with E-state index < -0.39 is 24.4 Å². The summed E-state index contributed by atoms with van der Waals surface area (Å²) in [5.74, 6) is -0.256. The van der Waals surface area contributed by atoms with Gasteiger partial charge in [-0.25, -0.2) is 9.37 Å². The zero-order valence-electron chi connectivity index (χ0n) is 18.1. The van der Waals surface area contributed by atoms with Crippen LogP contribution in [0.15, 0.2) is 29.6 Å². The Morgan fingerprint density at radius 1 is 0.938 bits per heavy atom. The molecule has 0 spiro atoms. The molecular formula is C23H33FN2O5S. The Balaban J connectivity index is 1.23. The molecule has 4 N–H and O–H groups in total. The highest BCUT2D eigenvalue weighted by Gasteiger charge is 2.35. The predicted octanol–water partition coefficient (Wildman–Crippen LogP) is 2.18. The second-order valence-corrected chi connectivity index (χ2v) is 9.20. The zero-order valence-corrected chi connectivity index (χ0v) is 19.0. The van der Waals surface area contributed by atoms with Gasteiger partial charge in [-0.2, -0.15) is 0 Å². The minimum atomic E-state index is -1.31. The van der Waals surface area contributed by atoms with Gasteiger partial charge in [0.25, 0.3) is 0 Å². The average Bonchev–Trinajstić information content (AvgIpc) is 3.22. The molecule has 0 radical (unpaired) electrons. The molecule has 1 aromatic carbocycles. The molecule has 32 heavy (non-hydrogen) atoms. The van der Waals surface area contributed by atoms with Crippen molar-refractivity contribution in [3.8, 4) is 10.6 Å². The molecule has 178 valence electrons. The number of unbranched alkanes of at least 4 members (excludes halogenated alkanes) is 4. The number of thiazole rings is 1. The van der Waals surface area contributed by atoms with Gasteiger partial charge < -0.3 is 25.2 Å². The summed E-state index contributed by atoms with van der Waals surface area (Å²) in [6.07, 6.45) is 0.321. The molecule has 1 aromatic heterocycles. The number of aliphatic hydroxyl groups is 4. The molecule has 1 aliphatic rings. The first-order valence-electron chi connectivity index (χ1n) is 11.2. The summed E-state index contributed by atoms with van der Waals surface area (Å²) in [5, 5.41) is 42.1. The van der Waals surface area contributed by atoms with Crippen molar-refractivity contribution in [2.75, 3.05) is 26.2 Å². The van der Waals surface area contributed by atoms with Crippen LogP contribution < -0.4 is 0 Å². The van der Waals surface area contributed by atoms with E-state index in [-0.39, 0.29) is 18.9 Å². The fourth-order valence-corrected chi connectivity index (χ4v) is 4.61. The van der Waals surface area contributed by atoms with Crippen molar-refractivity contribution in [3.63, 3.8) is 0 Å². The number of likely N-dealkylation sites (tertiary alicyclic amines) is 1. The van der Waals surface area contributed by atoms with Crippen LogP contribution in [0.5, 0.6) is 0 Å². The quantitative estimate of drug-likeness (QED) is 0.375. The first-order chi connectivity index (χ1) is 15.4. The number of nitrogens with zero attached hydrogens (tertiary/aromatic N) is 2. The van der Waals surface area contributed by atoms with Crippen molar-refractivity contribution in [2.45, 2.75) is 63.1 Å². The van der Waals surface area contributed by atoms with Gasteiger partial charge in [0.1, 0.15) is 23.0 Å². The van der Waals surface area contributed by atoms with Crippen LogP contribution in [-0.2, 0) is 11.3 Å². The summed E-state index contributed by atoms with van der Waals surface area (Å²) >= 11 is 1.52. The lowest BCUT2D eigenvalue weighted by Gasteiger charge is -2.23. The number of ether oxygens (including phenoxy) is 1. The van der Waals surface area contributed by atoms with Gasteiger partial charge in [-0.1, -0.05) is 19.3 Å². The van der Waals surface area contributed by atoms with Crippen molar-refractivity contribution in [1.29, 1.82) is 0 Å². The van der Waals surface area contributed by atoms with Crippen molar-refractivity contribution >= 4 is 11.3 Å². The Hall–Kier alpha value is -1.46. The highest BCUT2D eigenvalue weighted by atomic mass is 32.1. The first kappa shape index (κ1) is 25.2. The molecule has 0 saturated carbocycles. The van der Waals surface area contributed by atoms with Gasteiger partial charge in [0.2, 0.25) is 0 Å². The monoisotopic (exact) mass is 468 g/mol. The van der Waals surface area contributed by atoms with E-state index in [0.717, 1.165) is 48.4 Å². The molecule has 0 bridgehead atoms. The van der Waals surface area contributed by atoms with Crippen LogP contribution in [0.3, 0.4) is 0 Å². The molecule has 3 rings (SSSR count). The van der Waals surface area contributed by atoms with Crippen LogP contribution >= 0.6 is 11.3 Å². The average molecular weight is 469 g/mol. The highest BCUT2D eigenvalue weighted by molar-refractivity contribution is 7.13. The number of aliphatic hydroxyl groups excluding tert-OH is 4. The second-order valence-electron chi connectivity index (χ2n) is 8.35. The van der Waals surface area contributed by atoms with Crippen molar-refractivity contribution in [3.05, 3.63) is 41.2 Å². The molecule has 4 atom stereocenters. The molecule has 2 heterocycles. The largest absolute Gasteiger partial charge is 0.389 e. The third-order valence-electron chi connectivity index (χ3n) is 5.68. The number of hydrogen-bond donors (Lipinski definition) is 4. The molecule has 1 aliphatic heterocycles. The summed E-state index contributed by atoms with van der Waals surface area (Å²) < 4.78 is 18.7. The van der Waals surface area contributed by atoms with Crippen LogP contribution in [-0.4, -0.2) is 81.0 Å². The predicted molar refractivity (Wildman–Crippen MR) is 121 cm³/mol. The summed E-state index contributed by atoms with van der Waals surface area (Å²) in [5.41, 5.74) is 1.78. The summed E-state index contributed by atoms with van der Waals surface area (Å²) in [7, 11) is 0. The number of halogens is 1. The van der Waals surface area contributed by atoms with Crippen molar-refractivity contribution in [1.82, 2.24) is 9.88 Å². The Morgan fingerprint density at radius 2 is 1.56 bits per heavy atom. The van der Waals surface area contributed by atoms with E-state index in [1.807, 2.05) is 10.3 Å². The molecule has 9 heteroatoms. The summed E-state index contributed by atoms with van der Waals surface area (Å²) in [6, 6.07) is 6.32. The molecular weight excluding hydrogens is 435 g/mol. The lowest BCUT2D eigenvalue weighted by molar-refractivity contribution is -0.0894. The Kier molecular flexibility index (Phi) is 9.98. The molecule has 7 nitrogen and oxygen atoms in total. The minimum absolute atomic E-state index is 0.253. The van der Waals surface area contributed by atoms with Crippen molar-refractivity contribution < 1.29 is 29.6 Å². The van der Waals surface area contributed by atoms with E-state index in [2.05, 4.69) is 4.98 Å². The maximum absolute atomic E-state index is 13.0. The maximum atomic E-state index is 13.0. The van der Waals surface area contributed by atoms with Gasteiger partial charge in [-0.3, -0.25) is 4.90 Å². The normalized spacial score (nSPS) is 24.5. The Labute approximate surface area is 192 Å². The lowest BCUT2D eigenvalue weighted by Crippen LogP contribution is -2.43. The van der Waals surface area contributed by atoms with Crippen molar-refractivity contribution in [2.24, 2.45) is 0 Å². The molecule has 0 unspecified atom stereocenters. The number of β-amino-alcohol motifs (C(OH)–C–C–N with tert-alkyl or cyclic N) is 2. The third-order valence-corrected chi connectivity index (χ3v) is 6.62. The number of rotatable bonds is 11. The molecule has 0 aliphatic carbocycles. The van der Waals surface area contributed by atoms with Gasteiger partial charge >= 0.3 is 0 Å². The van der Waals surface area contributed by atoms with E-state index in [4.69, 9.17) is 4.74 Å². The van der Waals surface area contributed by atoms with Crippen LogP contribution in [0.25, 0.3) is 10.6 Å². The van der Waals surface area contributed by atoms with Gasteiger partial charge in [-0.15, -0.1) is 11.3 Å². The fourth-order valence-electron chi connectivity index (χ4n) is 3.80. The fraction of sp³-hybridized carbons (Fsp3) is 0.609. The minimum Gasteiger partial charge on any atom is -0.389 e. The van der Waals surface area contributed by atoms with E-state index >= 15 is 0 Å². The smallest absolute Gasteiger partial charge is 0.123 e. The van der Waals surface area contributed by atoms with Crippen LogP contribution in [0, 0.1) is 5.82 Å². The topological polar surface area (TPSA) is 106 Å². The Morgan fingerprint density at radius 3 is 2.25 bits per heavy atom.